The largest absolute Gasteiger partial charge is 0.493 e. The van der Waals surface area contributed by atoms with Crippen LogP contribution in [0.4, 0.5) is 5.82 Å². The number of fused-ring (bicyclic) bond motifs is 3. The van der Waals surface area contributed by atoms with E-state index in [2.05, 4.69) is 29.1 Å². The van der Waals surface area contributed by atoms with Crippen LogP contribution in [-0.4, -0.2) is 55.0 Å². The fourth-order valence-corrected chi connectivity index (χ4v) is 5.12. The average Bonchev–Trinajstić information content (AvgIpc) is 3.23. The number of aromatic nitrogens is 4. The van der Waals surface area contributed by atoms with Crippen LogP contribution in [0, 0.1) is 6.92 Å². The van der Waals surface area contributed by atoms with Crippen molar-refractivity contribution >= 4 is 32.2 Å². The smallest absolute Gasteiger partial charge is 0.229 e. The molecule has 4 aromatic rings. The maximum absolute atomic E-state index is 13.5. The van der Waals surface area contributed by atoms with Gasteiger partial charge in [-0.05, 0) is 45.9 Å². The van der Waals surface area contributed by atoms with Crippen molar-refractivity contribution in [3.05, 3.63) is 42.0 Å². The van der Waals surface area contributed by atoms with Crippen LogP contribution in [0.3, 0.4) is 0 Å². The second kappa shape index (κ2) is 8.51. The zero-order valence-corrected chi connectivity index (χ0v) is 20.3. The Bertz CT molecular complexity index is 1430. The van der Waals surface area contributed by atoms with Gasteiger partial charge in [0, 0.05) is 24.0 Å². The van der Waals surface area contributed by atoms with Crippen molar-refractivity contribution < 1.29 is 17.9 Å². The van der Waals surface area contributed by atoms with Crippen molar-refractivity contribution in [3.63, 3.8) is 0 Å². The summed E-state index contributed by atoms with van der Waals surface area (Å²) in [7, 11) is -0.825. The maximum Gasteiger partial charge on any atom is 0.229 e. The molecule has 0 aliphatic heterocycles. The van der Waals surface area contributed by atoms with Crippen molar-refractivity contribution in [1.82, 2.24) is 19.8 Å². The SMILES string of the molecule is CCN(c1nc2c(S(=O)(=O)c3ccc(C)cc3)nnn2c2cc(OC)c(OC)cc12)C(C)C. The average molecular weight is 470 g/mol. The van der Waals surface area contributed by atoms with E-state index in [1.54, 1.807) is 44.6 Å². The fourth-order valence-electron chi connectivity index (χ4n) is 3.89. The van der Waals surface area contributed by atoms with Crippen LogP contribution in [0.25, 0.3) is 16.6 Å². The van der Waals surface area contributed by atoms with E-state index in [0.717, 1.165) is 10.9 Å². The maximum atomic E-state index is 13.5. The zero-order valence-electron chi connectivity index (χ0n) is 19.5. The van der Waals surface area contributed by atoms with Gasteiger partial charge in [0.15, 0.2) is 17.1 Å². The number of aryl methyl sites for hydroxylation is 1. The highest BCUT2D eigenvalue weighted by Crippen LogP contribution is 2.37. The van der Waals surface area contributed by atoms with Crippen LogP contribution in [0.15, 0.2) is 46.3 Å². The minimum atomic E-state index is -3.94. The fraction of sp³-hybridized carbons (Fsp3) is 0.348. The van der Waals surface area contributed by atoms with Crippen molar-refractivity contribution in [3.8, 4) is 11.5 Å². The zero-order chi connectivity index (χ0) is 23.9. The summed E-state index contributed by atoms with van der Waals surface area (Å²) in [5, 5.41) is 8.78. The Morgan fingerprint density at radius 2 is 1.70 bits per heavy atom. The summed E-state index contributed by atoms with van der Waals surface area (Å²) in [6.07, 6.45) is 0. The van der Waals surface area contributed by atoms with Gasteiger partial charge in [0.2, 0.25) is 14.9 Å². The molecule has 0 aliphatic rings. The molecule has 0 saturated carbocycles. The van der Waals surface area contributed by atoms with E-state index in [4.69, 9.17) is 14.5 Å². The number of hydrogen-bond acceptors (Lipinski definition) is 8. The molecular weight excluding hydrogens is 442 g/mol. The van der Waals surface area contributed by atoms with Crippen LogP contribution in [0.1, 0.15) is 26.3 Å². The quantitative estimate of drug-likeness (QED) is 0.404. The van der Waals surface area contributed by atoms with E-state index in [1.165, 1.54) is 4.52 Å². The van der Waals surface area contributed by atoms with E-state index >= 15 is 0 Å². The molecule has 2 aromatic heterocycles. The number of nitrogens with zero attached hydrogens (tertiary/aromatic N) is 5. The first-order valence-electron chi connectivity index (χ1n) is 10.6. The summed E-state index contributed by atoms with van der Waals surface area (Å²) in [6, 6.07) is 10.3. The van der Waals surface area contributed by atoms with Gasteiger partial charge in [-0.1, -0.05) is 22.9 Å². The second-order valence-electron chi connectivity index (χ2n) is 7.99. The molecule has 2 aromatic carbocycles. The number of benzene rings is 2. The van der Waals surface area contributed by atoms with Gasteiger partial charge in [-0.2, -0.15) is 4.52 Å². The van der Waals surface area contributed by atoms with Crippen LogP contribution in [0.5, 0.6) is 11.5 Å². The highest BCUT2D eigenvalue weighted by molar-refractivity contribution is 7.91. The molecule has 0 N–H and O–H groups in total. The van der Waals surface area contributed by atoms with Gasteiger partial charge in [0.1, 0.15) is 5.82 Å². The van der Waals surface area contributed by atoms with Gasteiger partial charge in [-0.3, -0.25) is 0 Å². The lowest BCUT2D eigenvalue weighted by Gasteiger charge is -2.28. The first-order chi connectivity index (χ1) is 15.7. The molecular formula is C23H27N5O4S. The van der Waals surface area contributed by atoms with E-state index < -0.39 is 9.84 Å². The van der Waals surface area contributed by atoms with E-state index in [1.807, 2.05) is 19.9 Å². The Morgan fingerprint density at radius 3 is 2.27 bits per heavy atom. The predicted molar refractivity (Wildman–Crippen MR) is 126 cm³/mol. The van der Waals surface area contributed by atoms with Crippen molar-refractivity contribution in [2.24, 2.45) is 0 Å². The van der Waals surface area contributed by atoms with Crippen LogP contribution in [-0.2, 0) is 9.84 Å². The molecule has 0 atom stereocenters. The third-order valence-corrected chi connectivity index (χ3v) is 7.29. The molecule has 2 heterocycles. The molecule has 0 radical (unpaired) electrons. The summed E-state index contributed by atoms with van der Waals surface area (Å²) in [4.78, 5) is 7.01. The Labute approximate surface area is 192 Å². The standard InChI is InChI=1S/C23H27N5O4S/c1-7-27(14(2)3)21-17-12-19(31-5)20(32-6)13-18(17)28-22(24-21)23(25-26-28)33(29,30)16-10-8-15(4)9-11-16/h8-14H,7H2,1-6H3. The predicted octanol–water partition coefficient (Wildman–Crippen LogP) is 3.67. The normalized spacial score (nSPS) is 12.0. The lowest BCUT2D eigenvalue weighted by molar-refractivity contribution is 0.355. The molecule has 0 fully saturated rings. The molecule has 0 amide bonds. The molecule has 0 unspecified atom stereocenters. The molecule has 0 saturated heterocycles. The molecule has 0 bridgehead atoms. The third kappa shape index (κ3) is 3.74. The Balaban J connectivity index is 2.09. The number of anilines is 1. The minimum Gasteiger partial charge on any atom is -0.493 e. The molecule has 174 valence electrons. The third-order valence-electron chi connectivity index (χ3n) is 5.62. The monoisotopic (exact) mass is 469 g/mol. The summed E-state index contributed by atoms with van der Waals surface area (Å²) < 4.78 is 39.3. The number of rotatable bonds is 7. The van der Waals surface area contributed by atoms with Crippen LogP contribution < -0.4 is 14.4 Å². The highest BCUT2D eigenvalue weighted by atomic mass is 32.2. The topological polar surface area (TPSA) is 98.9 Å². The lowest BCUT2D eigenvalue weighted by Crippen LogP contribution is -2.31. The van der Waals surface area contributed by atoms with E-state index in [-0.39, 0.29) is 21.6 Å². The summed E-state index contributed by atoms with van der Waals surface area (Å²) >= 11 is 0. The first kappa shape index (κ1) is 22.8. The first-order valence-corrected chi connectivity index (χ1v) is 12.1. The molecule has 4 rings (SSSR count). The summed E-state index contributed by atoms with van der Waals surface area (Å²) in [6.45, 7) is 8.71. The Hall–Kier alpha value is -3.40. The lowest BCUT2D eigenvalue weighted by atomic mass is 10.1. The van der Waals surface area contributed by atoms with Gasteiger partial charge in [0.05, 0.1) is 24.6 Å². The number of methoxy groups -OCH3 is 2. The molecule has 10 heteroatoms. The summed E-state index contributed by atoms with van der Waals surface area (Å²) in [5.74, 6) is 1.66. The van der Waals surface area contributed by atoms with Crippen LogP contribution >= 0.6 is 0 Å². The van der Waals surface area contributed by atoms with Gasteiger partial charge >= 0.3 is 0 Å². The highest BCUT2D eigenvalue weighted by Gasteiger charge is 2.28. The molecule has 0 spiro atoms. The number of ether oxygens (including phenoxy) is 2. The molecule has 33 heavy (non-hydrogen) atoms. The number of sulfone groups is 1. The molecule has 9 nitrogen and oxygen atoms in total. The van der Waals surface area contributed by atoms with Crippen LogP contribution in [0.2, 0.25) is 0 Å². The van der Waals surface area contributed by atoms with Crippen molar-refractivity contribution in [1.29, 1.82) is 0 Å². The van der Waals surface area contributed by atoms with E-state index in [0.29, 0.717) is 29.4 Å². The van der Waals surface area contributed by atoms with Crippen molar-refractivity contribution in [2.75, 3.05) is 25.7 Å². The minimum absolute atomic E-state index is 0.120. The molecule has 0 aliphatic carbocycles. The Kier molecular flexibility index (Phi) is 5.87. The van der Waals surface area contributed by atoms with Gasteiger partial charge in [-0.15, -0.1) is 5.10 Å². The van der Waals surface area contributed by atoms with Gasteiger partial charge < -0.3 is 14.4 Å². The second-order valence-corrected chi connectivity index (χ2v) is 9.85. The summed E-state index contributed by atoms with van der Waals surface area (Å²) in [5.41, 5.74) is 1.73. The van der Waals surface area contributed by atoms with Gasteiger partial charge in [0.25, 0.3) is 0 Å². The number of hydrogen-bond donors (Lipinski definition) is 0. The van der Waals surface area contributed by atoms with Crippen molar-refractivity contribution in [2.45, 2.75) is 43.7 Å². The van der Waals surface area contributed by atoms with E-state index in [9.17, 15) is 8.42 Å². The Morgan fingerprint density at radius 1 is 1.06 bits per heavy atom. The van der Waals surface area contributed by atoms with Gasteiger partial charge in [-0.25, -0.2) is 13.4 Å².